The van der Waals surface area contributed by atoms with Crippen molar-refractivity contribution in [2.45, 2.75) is 58.0 Å². The molecule has 1 aliphatic heterocycles. The van der Waals surface area contributed by atoms with Gasteiger partial charge in [-0.3, -0.25) is 4.90 Å². The van der Waals surface area contributed by atoms with Gasteiger partial charge in [0.05, 0.1) is 0 Å². The Kier molecular flexibility index (Phi) is 4.74. The van der Waals surface area contributed by atoms with Crippen molar-refractivity contribution in [1.29, 1.82) is 0 Å². The van der Waals surface area contributed by atoms with Gasteiger partial charge >= 0.3 is 0 Å². The molecule has 1 fully saturated rings. The molecule has 1 saturated heterocycles. The fourth-order valence-corrected chi connectivity index (χ4v) is 2.48. The van der Waals surface area contributed by atoms with Gasteiger partial charge in [-0.2, -0.15) is 0 Å². The molecule has 0 spiro atoms. The predicted octanol–water partition coefficient (Wildman–Crippen LogP) is 1.99. The van der Waals surface area contributed by atoms with E-state index in [9.17, 15) is 0 Å². The van der Waals surface area contributed by atoms with Crippen LogP contribution in [0.25, 0.3) is 0 Å². The summed E-state index contributed by atoms with van der Waals surface area (Å²) in [5.74, 6) is 0. The van der Waals surface area contributed by atoms with Crippen LogP contribution in [-0.2, 0) is 0 Å². The van der Waals surface area contributed by atoms with Crippen molar-refractivity contribution in [2.24, 2.45) is 5.73 Å². The standard InChI is InChI=1S/C11H24N2/c1-3-10-7-5-6-8-13(10)11(4-2)9-12/h10-11H,3-9,12H2,1-2H3. The van der Waals surface area contributed by atoms with Crippen molar-refractivity contribution in [3.8, 4) is 0 Å². The fraction of sp³-hybridized carbons (Fsp3) is 1.00. The number of rotatable bonds is 4. The zero-order valence-corrected chi connectivity index (χ0v) is 9.13. The summed E-state index contributed by atoms with van der Waals surface area (Å²) in [4.78, 5) is 2.64. The summed E-state index contributed by atoms with van der Waals surface area (Å²) >= 11 is 0. The second-order valence-electron chi connectivity index (χ2n) is 4.09. The summed E-state index contributed by atoms with van der Waals surface area (Å²) in [6.45, 7) is 6.65. The molecule has 0 bridgehead atoms. The van der Waals surface area contributed by atoms with Crippen LogP contribution in [0.5, 0.6) is 0 Å². The first-order valence-electron chi connectivity index (χ1n) is 5.79. The minimum Gasteiger partial charge on any atom is -0.329 e. The largest absolute Gasteiger partial charge is 0.329 e. The SMILES string of the molecule is CCC(CN)N1CCCCC1CC. The molecule has 2 atom stereocenters. The maximum atomic E-state index is 5.79. The van der Waals surface area contributed by atoms with Crippen LogP contribution in [0.3, 0.4) is 0 Å². The summed E-state index contributed by atoms with van der Waals surface area (Å²) in [7, 11) is 0. The number of hydrogen-bond donors (Lipinski definition) is 1. The van der Waals surface area contributed by atoms with Crippen molar-refractivity contribution < 1.29 is 0 Å². The first-order valence-corrected chi connectivity index (χ1v) is 5.79. The maximum Gasteiger partial charge on any atom is 0.0218 e. The van der Waals surface area contributed by atoms with Crippen LogP contribution in [-0.4, -0.2) is 30.1 Å². The van der Waals surface area contributed by atoms with E-state index in [0.29, 0.717) is 6.04 Å². The van der Waals surface area contributed by atoms with Gasteiger partial charge in [0.25, 0.3) is 0 Å². The first kappa shape index (κ1) is 11.0. The molecule has 1 heterocycles. The highest BCUT2D eigenvalue weighted by molar-refractivity contribution is 4.81. The van der Waals surface area contributed by atoms with Crippen LogP contribution in [0.15, 0.2) is 0 Å². The third-order valence-corrected chi connectivity index (χ3v) is 3.36. The van der Waals surface area contributed by atoms with Gasteiger partial charge in [-0.1, -0.05) is 20.3 Å². The third-order valence-electron chi connectivity index (χ3n) is 3.36. The lowest BCUT2D eigenvalue weighted by Crippen LogP contribution is -2.48. The van der Waals surface area contributed by atoms with Crippen LogP contribution in [0, 0.1) is 0 Å². The van der Waals surface area contributed by atoms with Gasteiger partial charge in [-0.05, 0) is 32.2 Å². The average molecular weight is 184 g/mol. The number of hydrogen-bond acceptors (Lipinski definition) is 2. The molecule has 1 rings (SSSR count). The molecule has 2 heteroatoms. The first-order chi connectivity index (χ1) is 6.33. The molecular weight excluding hydrogens is 160 g/mol. The zero-order valence-electron chi connectivity index (χ0n) is 9.13. The van der Waals surface area contributed by atoms with Crippen molar-refractivity contribution >= 4 is 0 Å². The van der Waals surface area contributed by atoms with Crippen LogP contribution >= 0.6 is 0 Å². The van der Waals surface area contributed by atoms with Crippen LogP contribution in [0.1, 0.15) is 46.0 Å². The molecule has 0 aromatic rings. The number of piperidine rings is 1. The maximum absolute atomic E-state index is 5.79. The molecule has 78 valence electrons. The van der Waals surface area contributed by atoms with Gasteiger partial charge in [0, 0.05) is 18.6 Å². The normalized spacial score (nSPS) is 27.5. The van der Waals surface area contributed by atoms with Gasteiger partial charge in [0.15, 0.2) is 0 Å². The average Bonchev–Trinajstić information content (AvgIpc) is 2.20. The van der Waals surface area contributed by atoms with Crippen LogP contribution in [0.4, 0.5) is 0 Å². The molecule has 2 unspecified atom stereocenters. The monoisotopic (exact) mass is 184 g/mol. The lowest BCUT2D eigenvalue weighted by Gasteiger charge is -2.40. The van der Waals surface area contributed by atoms with Crippen LogP contribution < -0.4 is 5.73 Å². The lowest BCUT2D eigenvalue weighted by molar-refractivity contribution is 0.0928. The zero-order chi connectivity index (χ0) is 9.68. The summed E-state index contributed by atoms with van der Waals surface area (Å²) in [6, 6.07) is 1.44. The molecule has 1 aliphatic rings. The van der Waals surface area contributed by atoms with E-state index >= 15 is 0 Å². The van der Waals surface area contributed by atoms with Crippen molar-refractivity contribution in [3.05, 3.63) is 0 Å². The van der Waals surface area contributed by atoms with E-state index in [0.717, 1.165) is 12.6 Å². The van der Waals surface area contributed by atoms with Gasteiger partial charge in [0.1, 0.15) is 0 Å². The number of nitrogens with zero attached hydrogens (tertiary/aromatic N) is 1. The molecule has 13 heavy (non-hydrogen) atoms. The van der Waals surface area contributed by atoms with E-state index in [1.54, 1.807) is 0 Å². The minimum atomic E-state index is 0.630. The molecule has 2 N–H and O–H groups in total. The minimum absolute atomic E-state index is 0.630. The summed E-state index contributed by atoms with van der Waals surface area (Å²) in [6.07, 6.45) is 6.65. The van der Waals surface area contributed by atoms with E-state index < -0.39 is 0 Å². The molecular formula is C11H24N2. The van der Waals surface area contributed by atoms with E-state index in [1.807, 2.05) is 0 Å². The Morgan fingerprint density at radius 2 is 2.15 bits per heavy atom. The van der Waals surface area contributed by atoms with Gasteiger partial charge in [-0.25, -0.2) is 0 Å². The quantitative estimate of drug-likeness (QED) is 0.724. The van der Waals surface area contributed by atoms with Crippen molar-refractivity contribution in [3.63, 3.8) is 0 Å². The second kappa shape index (κ2) is 5.61. The number of nitrogens with two attached hydrogens (primary N) is 1. The summed E-state index contributed by atoms with van der Waals surface area (Å²) in [5, 5.41) is 0. The summed E-state index contributed by atoms with van der Waals surface area (Å²) in [5.41, 5.74) is 5.79. The highest BCUT2D eigenvalue weighted by Gasteiger charge is 2.25. The van der Waals surface area contributed by atoms with Crippen LogP contribution in [0.2, 0.25) is 0 Å². The van der Waals surface area contributed by atoms with E-state index in [1.165, 1.54) is 38.6 Å². The Balaban J connectivity index is 2.51. The van der Waals surface area contributed by atoms with E-state index in [-0.39, 0.29) is 0 Å². The summed E-state index contributed by atoms with van der Waals surface area (Å²) < 4.78 is 0. The van der Waals surface area contributed by atoms with E-state index in [2.05, 4.69) is 18.7 Å². The topological polar surface area (TPSA) is 29.3 Å². The Bertz CT molecular complexity index is 125. The highest BCUT2D eigenvalue weighted by Crippen LogP contribution is 2.22. The molecule has 2 nitrogen and oxygen atoms in total. The Labute approximate surface area is 82.5 Å². The molecule has 0 aromatic heterocycles. The smallest absolute Gasteiger partial charge is 0.0218 e. The lowest BCUT2D eigenvalue weighted by atomic mass is 9.97. The molecule has 0 aromatic carbocycles. The van der Waals surface area contributed by atoms with Crippen molar-refractivity contribution in [1.82, 2.24) is 4.90 Å². The molecule has 0 saturated carbocycles. The van der Waals surface area contributed by atoms with Crippen molar-refractivity contribution in [2.75, 3.05) is 13.1 Å². The Morgan fingerprint density at radius 3 is 2.69 bits per heavy atom. The third kappa shape index (κ3) is 2.68. The number of likely N-dealkylation sites (tertiary alicyclic amines) is 1. The predicted molar refractivity (Wildman–Crippen MR) is 57.8 cm³/mol. The Morgan fingerprint density at radius 1 is 1.38 bits per heavy atom. The fourth-order valence-electron chi connectivity index (χ4n) is 2.48. The van der Waals surface area contributed by atoms with E-state index in [4.69, 9.17) is 5.73 Å². The Hall–Kier alpha value is -0.0800. The second-order valence-corrected chi connectivity index (χ2v) is 4.09. The van der Waals surface area contributed by atoms with Gasteiger partial charge < -0.3 is 5.73 Å². The molecule has 0 amide bonds. The molecule has 0 aliphatic carbocycles. The molecule has 0 radical (unpaired) electrons. The highest BCUT2D eigenvalue weighted by atomic mass is 15.2. The van der Waals surface area contributed by atoms with Gasteiger partial charge in [0.2, 0.25) is 0 Å². The van der Waals surface area contributed by atoms with Gasteiger partial charge in [-0.15, -0.1) is 0 Å².